The van der Waals surface area contributed by atoms with Gasteiger partial charge >= 0.3 is 0 Å². The number of carbonyl (C=O) groups is 1. The Kier molecular flexibility index (Phi) is 5.71. The molecule has 0 spiro atoms. The molecule has 5 rings (SSSR count). The van der Waals surface area contributed by atoms with E-state index in [4.69, 9.17) is 0 Å². The zero-order valence-electron chi connectivity index (χ0n) is 18.0. The zero-order chi connectivity index (χ0) is 21.9. The number of nitrogens with one attached hydrogen (secondary N) is 1. The van der Waals surface area contributed by atoms with E-state index in [2.05, 4.69) is 33.6 Å². The van der Waals surface area contributed by atoms with Gasteiger partial charge in [0.1, 0.15) is 11.7 Å². The lowest BCUT2D eigenvalue weighted by Gasteiger charge is -2.10. The molecule has 0 aliphatic heterocycles. The van der Waals surface area contributed by atoms with E-state index < -0.39 is 0 Å². The van der Waals surface area contributed by atoms with Gasteiger partial charge in [-0.15, -0.1) is 0 Å². The van der Waals surface area contributed by atoms with Crippen LogP contribution in [0, 0.1) is 5.92 Å². The van der Waals surface area contributed by atoms with Crippen molar-refractivity contribution in [2.24, 2.45) is 5.92 Å². The highest BCUT2D eigenvalue weighted by molar-refractivity contribution is 5.85. The molecular formula is C25H27N5O2. The highest BCUT2D eigenvalue weighted by Crippen LogP contribution is 2.27. The second kappa shape index (κ2) is 8.94. The van der Waals surface area contributed by atoms with Crippen molar-refractivity contribution in [1.29, 1.82) is 0 Å². The molecule has 7 nitrogen and oxygen atoms in total. The first kappa shape index (κ1) is 20.4. The van der Waals surface area contributed by atoms with E-state index in [9.17, 15) is 9.59 Å². The number of carbonyl (C=O) groups excluding carboxylic acids is 1. The van der Waals surface area contributed by atoms with Crippen molar-refractivity contribution in [3.63, 3.8) is 0 Å². The first-order chi connectivity index (χ1) is 15.7. The molecule has 164 valence electrons. The molecule has 2 aromatic heterocycles. The average molecular weight is 430 g/mol. The number of nitrogens with zero attached hydrogens (tertiary/aromatic N) is 4. The summed E-state index contributed by atoms with van der Waals surface area (Å²) in [6.07, 6.45) is 8.56. The van der Waals surface area contributed by atoms with Gasteiger partial charge in [-0.25, -0.2) is 9.67 Å². The predicted octanol–water partition coefficient (Wildman–Crippen LogP) is 3.49. The Morgan fingerprint density at radius 2 is 1.88 bits per heavy atom. The minimum absolute atomic E-state index is 0.0961. The molecule has 1 N–H and O–H groups in total. The molecule has 0 bridgehead atoms. The Labute approximate surface area is 186 Å². The van der Waals surface area contributed by atoms with E-state index in [1.807, 2.05) is 24.3 Å². The molecule has 32 heavy (non-hydrogen) atoms. The van der Waals surface area contributed by atoms with Crippen LogP contribution >= 0.6 is 0 Å². The standard InChI is InChI=1S/C25H27N5O2/c31-23(14-18-6-1-2-7-18)26-12-13-30-24-22(15-28-30)25(32)29(17-27-24)16-20-10-5-9-19-8-3-4-11-21(19)20/h3-5,8-11,15,17-18H,1-2,6-7,12-14,16H2,(H,26,31). The van der Waals surface area contributed by atoms with Crippen LogP contribution in [-0.4, -0.2) is 31.8 Å². The summed E-state index contributed by atoms with van der Waals surface area (Å²) in [5.74, 6) is 0.626. The summed E-state index contributed by atoms with van der Waals surface area (Å²) in [6, 6.07) is 14.3. The lowest BCUT2D eigenvalue weighted by molar-refractivity contribution is -0.122. The van der Waals surface area contributed by atoms with Crippen molar-refractivity contribution in [1.82, 2.24) is 24.6 Å². The minimum atomic E-state index is -0.112. The smallest absolute Gasteiger partial charge is 0.264 e. The molecule has 2 heterocycles. The van der Waals surface area contributed by atoms with Crippen molar-refractivity contribution in [3.05, 3.63) is 70.9 Å². The third-order valence-corrected chi connectivity index (χ3v) is 6.44. The van der Waals surface area contributed by atoms with Crippen LogP contribution in [0.25, 0.3) is 21.8 Å². The lowest BCUT2D eigenvalue weighted by Crippen LogP contribution is -2.29. The van der Waals surface area contributed by atoms with E-state index in [1.54, 1.807) is 21.8 Å². The lowest BCUT2D eigenvalue weighted by atomic mass is 10.0. The van der Waals surface area contributed by atoms with Gasteiger partial charge in [-0.3, -0.25) is 14.2 Å². The van der Waals surface area contributed by atoms with Gasteiger partial charge in [0.2, 0.25) is 5.91 Å². The van der Waals surface area contributed by atoms with Crippen LogP contribution in [0.5, 0.6) is 0 Å². The van der Waals surface area contributed by atoms with Gasteiger partial charge in [0.05, 0.1) is 19.3 Å². The maximum Gasteiger partial charge on any atom is 0.264 e. The number of hydrogen-bond acceptors (Lipinski definition) is 4. The Morgan fingerprint density at radius 3 is 2.75 bits per heavy atom. The van der Waals surface area contributed by atoms with Gasteiger partial charge in [-0.1, -0.05) is 55.3 Å². The average Bonchev–Trinajstić information content (AvgIpc) is 3.46. The normalized spacial score (nSPS) is 14.4. The van der Waals surface area contributed by atoms with Gasteiger partial charge in [-0.05, 0) is 35.1 Å². The van der Waals surface area contributed by atoms with Gasteiger partial charge in [0, 0.05) is 13.0 Å². The van der Waals surface area contributed by atoms with E-state index >= 15 is 0 Å². The van der Waals surface area contributed by atoms with Gasteiger partial charge in [0.25, 0.3) is 5.56 Å². The zero-order valence-corrected chi connectivity index (χ0v) is 18.0. The molecule has 0 saturated heterocycles. The second-order valence-corrected chi connectivity index (χ2v) is 8.63. The molecular weight excluding hydrogens is 402 g/mol. The molecule has 1 saturated carbocycles. The highest BCUT2D eigenvalue weighted by Gasteiger charge is 2.18. The summed E-state index contributed by atoms with van der Waals surface area (Å²) in [5.41, 5.74) is 1.51. The van der Waals surface area contributed by atoms with Crippen LogP contribution in [0.2, 0.25) is 0 Å². The Bertz CT molecular complexity index is 1310. The summed E-state index contributed by atoms with van der Waals surface area (Å²) < 4.78 is 3.31. The van der Waals surface area contributed by atoms with Crippen LogP contribution < -0.4 is 10.9 Å². The highest BCUT2D eigenvalue weighted by atomic mass is 16.1. The largest absolute Gasteiger partial charge is 0.354 e. The fraction of sp³-hybridized carbons (Fsp3) is 0.360. The third-order valence-electron chi connectivity index (χ3n) is 6.44. The third kappa shape index (κ3) is 4.15. The van der Waals surface area contributed by atoms with E-state index in [0.717, 1.165) is 29.2 Å². The summed E-state index contributed by atoms with van der Waals surface area (Å²) in [7, 11) is 0. The molecule has 1 fully saturated rings. The molecule has 1 aliphatic rings. The van der Waals surface area contributed by atoms with E-state index in [1.165, 1.54) is 12.8 Å². The number of hydrogen-bond donors (Lipinski definition) is 1. The molecule has 2 aromatic carbocycles. The molecule has 4 aromatic rings. The first-order valence-electron chi connectivity index (χ1n) is 11.3. The van der Waals surface area contributed by atoms with Crippen LogP contribution in [0.4, 0.5) is 0 Å². The fourth-order valence-electron chi connectivity index (χ4n) is 4.74. The molecule has 1 amide bonds. The molecule has 7 heteroatoms. The van der Waals surface area contributed by atoms with Crippen LogP contribution in [0.15, 0.2) is 59.8 Å². The fourth-order valence-corrected chi connectivity index (χ4v) is 4.74. The van der Waals surface area contributed by atoms with Crippen molar-refractivity contribution < 1.29 is 4.79 Å². The SMILES string of the molecule is O=C(CC1CCCC1)NCCn1ncc2c(=O)n(Cc3cccc4ccccc34)cnc21. The van der Waals surface area contributed by atoms with E-state index in [0.29, 0.717) is 43.0 Å². The predicted molar refractivity (Wildman–Crippen MR) is 124 cm³/mol. The first-order valence-corrected chi connectivity index (χ1v) is 11.3. The maximum absolute atomic E-state index is 13.1. The van der Waals surface area contributed by atoms with Crippen LogP contribution in [0.3, 0.4) is 0 Å². The maximum atomic E-state index is 13.1. The van der Waals surface area contributed by atoms with Crippen molar-refractivity contribution in [3.8, 4) is 0 Å². The van der Waals surface area contributed by atoms with Crippen molar-refractivity contribution >= 4 is 27.7 Å². The minimum Gasteiger partial charge on any atom is -0.354 e. The Hall–Kier alpha value is -3.48. The van der Waals surface area contributed by atoms with E-state index in [-0.39, 0.29) is 11.5 Å². The number of benzene rings is 2. The van der Waals surface area contributed by atoms with Crippen LogP contribution in [-0.2, 0) is 17.9 Å². The summed E-state index contributed by atoms with van der Waals surface area (Å²) in [6.45, 7) is 1.41. The van der Waals surface area contributed by atoms with Gasteiger partial charge in [-0.2, -0.15) is 5.10 Å². The molecule has 1 aliphatic carbocycles. The Balaban J connectivity index is 1.29. The Morgan fingerprint density at radius 1 is 1.06 bits per heavy atom. The molecule has 0 atom stereocenters. The monoisotopic (exact) mass is 429 g/mol. The van der Waals surface area contributed by atoms with Gasteiger partial charge < -0.3 is 5.32 Å². The quantitative estimate of drug-likeness (QED) is 0.488. The summed E-state index contributed by atoms with van der Waals surface area (Å²) in [4.78, 5) is 29.7. The molecule has 0 unspecified atom stereocenters. The van der Waals surface area contributed by atoms with Crippen molar-refractivity contribution in [2.75, 3.05) is 6.54 Å². The number of aromatic nitrogens is 4. The van der Waals surface area contributed by atoms with Gasteiger partial charge in [0.15, 0.2) is 5.65 Å². The number of rotatable bonds is 7. The number of amides is 1. The van der Waals surface area contributed by atoms with Crippen LogP contribution in [0.1, 0.15) is 37.7 Å². The summed E-state index contributed by atoms with van der Waals surface area (Å²) >= 11 is 0. The topological polar surface area (TPSA) is 81.8 Å². The number of fused-ring (bicyclic) bond motifs is 2. The summed E-state index contributed by atoms with van der Waals surface area (Å²) in [5, 5.41) is 10.1. The molecule has 0 radical (unpaired) electrons. The second-order valence-electron chi connectivity index (χ2n) is 8.63. The van der Waals surface area contributed by atoms with Crippen molar-refractivity contribution in [2.45, 2.75) is 45.2 Å².